The lowest BCUT2D eigenvalue weighted by Crippen LogP contribution is -2.42. The van der Waals surface area contributed by atoms with E-state index in [9.17, 15) is 18.0 Å². The first-order valence-electron chi connectivity index (χ1n) is 8.57. The van der Waals surface area contributed by atoms with Crippen LogP contribution in [0.25, 0.3) is 5.69 Å². The average Bonchev–Trinajstić information content (AvgIpc) is 3.26. The van der Waals surface area contributed by atoms with Crippen LogP contribution in [0, 0.1) is 0 Å². The summed E-state index contributed by atoms with van der Waals surface area (Å²) >= 11 is 0. The number of para-hydroxylation sites is 1. The number of aromatic nitrogens is 1. The average molecular weight is 397 g/mol. The van der Waals surface area contributed by atoms with E-state index in [1.807, 2.05) is 12.1 Å². The molecule has 2 N–H and O–H groups in total. The highest BCUT2D eigenvalue weighted by molar-refractivity contribution is 7.91. The van der Waals surface area contributed by atoms with Gasteiger partial charge in [-0.25, -0.2) is 8.42 Å². The van der Waals surface area contributed by atoms with Crippen LogP contribution in [0.15, 0.2) is 84.0 Å². The van der Waals surface area contributed by atoms with Crippen LogP contribution in [0.1, 0.15) is 16.8 Å². The molecule has 7 nitrogen and oxygen atoms in total. The molecule has 0 fully saturated rings. The number of carbonyl (C=O) groups excluding carboxylic acids is 2. The van der Waals surface area contributed by atoms with Gasteiger partial charge < -0.3 is 4.57 Å². The lowest BCUT2D eigenvalue weighted by atomic mass is 10.1. The molecule has 0 unspecified atom stereocenters. The molecule has 144 valence electrons. The Morgan fingerprint density at radius 3 is 2.18 bits per heavy atom. The minimum atomic E-state index is -3.56. The highest BCUT2D eigenvalue weighted by Gasteiger charge is 2.17. The van der Waals surface area contributed by atoms with Crippen LogP contribution in [-0.2, 0) is 14.6 Å². The number of hydrogen-bond acceptors (Lipinski definition) is 4. The number of sulfone groups is 1. The molecule has 28 heavy (non-hydrogen) atoms. The molecular weight excluding hydrogens is 378 g/mol. The Morgan fingerprint density at radius 2 is 1.46 bits per heavy atom. The topological polar surface area (TPSA) is 97.3 Å². The Hall–Kier alpha value is -3.39. The molecule has 0 aliphatic heterocycles. The zero-order valence-electron chi connectivity index (χ0n) is 14.9. The van der Waals surface area contributed by atoms with Crippen molar-refractivity contribution in [2.24, 2.45) is 0 Å². The molecular formula is C20H19N3O4S. The second-order valence-electron chi connectivity index (χ2n) is 5.99. The third-order valence-corrected chi connectivity index (χ3v) is 5.78. The van der Waals surface area contributed by atoms with Crippen molar-refractivity contribution in [1.82, 2.24) is 15.4 Å². The maximum absolute atomic E-state index is 12.4. The summed E-state index contributed by atoms with van der Waals surface area (Å²) in [7, 11) is -3.56. The molecule has 3 aromatic rings. The van der Waals surface area contributed by atoms with Gasteiger partial charge in [0.25, 0.3) is 5.91 Å². The molecule has 2 amide bonds. The second kappa shape index (κ2) is 8.53. The standard InChI is InChI=1S/C20H19N3O4S/c24-19(12-15-28(26,27)16-8-2-1-3-9-16)21-22-20(25)17-10-4-5-11-18(17)23-13-6-7-14-23/h1-11,13-14H,12,15H2,(H,21,24)(H,22,25). The summed E-state index contributed by atoms with van der Waals surface area (Å²) in [4.78, 5) is 24.6. The normalized spacial score (nSPS) is 11.0. The molecule has 0 radical (unpaired) electrons. The Balaban J connectivity index is 1.58. The molecule has 0 aliphatic carbocycles. The quantitative estimate of drug-likeness (QED) is 0.623. The van der Waals surface area contributed by atoms with E-state index in [4.69, 9.17) is 0 Å². The van der Waals surface area contributed by atoms with E-state index in [1.165, 1.54) is 12.1 Å². The van der Waals surface area contributed by atoms with Crippen molar-refractivity contribution in [3.63, 3.8) is 0 Å². The fourth-order valence-corrected chi connectivity index (χ4v) is 3.88. The van der Waals surface area contributed by atoms with Crippen molar-refractivity contribution in [3.8, 4) is 5.69 Å². The zero-order chi connectivity index (χ0) is 20.0. The molecule has 2 aromatic carbocycles. The number of nitrogens with one attached hydrogen (secondary N) is 2. The van der Waals surface area contributed by atoms with E-state index in [2.05, 4.69) is 10.9 Å². The van der Waals surface area contributed by atoms with Crippen LogP contribution in [0.4, 0.5) is 0 Å². The van der Waals surface area contributed by atoms with Crippen molar-refractivity contribution in [1.29, 1.82) is 0 Å². The SMILES string of the molecule is O=C(CCS(=O)(=O)c1ccccc1)NNC(=O)c1ccccc1-n1cccc1. The molecule has 1 aromatic heterocycles. The van der Waals surface area contributed by atoms with Gasteiger partial charge in [-0.2, -0.15) is 0 Å². The van der Waals surface area contributed by atoms with Crippen LogP contribution >= 0.6 is 0 Å². The Morgan fingerprint density at radius 1 is 0.821 bits per heavy atom. The summed E-state index contributed by atoms with van der Waals surface area (Å²) in [6, 6.07) is 18.5. The van der Waals surface area contributed by atoms with E-state index < -0.39 is 21.7 Å². The smallest absolute Gasteiger partial charge is 0.271 e. The summed E-state index contributed by atoms with van der Waals surface area (Å²) in [6.45, 7) is 0. The fourth-order valence-electron chi connectivity index (χ4n) is 2.61. The van der Waals surface area contributed by atoms with Gasteiger partial charge in [-0.15, -0.1) is 0 Å². The summed E-state index contributed by atoms with van der Waals surface area (Å²) in [5.41, 5.74) is 5.63. The van der Waals surface area contributed by atoms with Gasteiger partial charge in [0.2, 0.25) is 5.91 Å². The van der Waals surface area contributed by atoms with Gasteiger partial charge in [-0.05, 0) is 36.4 Å². The van der Waals surface area contributed by atoms with Gasteiger partial charge in [0.1, 0.15) is 0 Å². The van der Waals surface area contributed by atoms with Gasteiger partial charge in [-0.1, -0.05) is 30.3 Å². The van der Waals surface area contributed by atoms with Crippen molar-refractivity contribution in [3.05, 3.63) is 84.7 Å². The van der Waals surface area contributed by atoms with Crippen molar-refractivity contribution in [2.45, 2.75) is 11.3 Å². The highest BCUT2D eigenvalue weighted by Crippen LogP contribution is 2.14. The van der Waals surface area contributed by atoms with E-state index in [1.54, 1.807) is 59.4 Å². The van der Waals surface area contributed by atoms with Crippen molar-refractivity contribution < 1.29 is 18.0 Å². The zero-order valence-corrected chi connectivity index (χ0v) is 15.7. The molecule has 0 saturated carbocycles. The lowest BCUT2D eigenvalue weighted by molar-refractivity contribution is -0.121. The minimum Gasteiger partial charge on any atom is -0.323 e. The number of carbonyl (C=O) groups is 2. The van der Waals surface area contributed by atoms with Gasteiger partial charge in [0.15, 0.2) is 9.84 Å². The Kier molecular flexibility index (Phi) is 5.90. The highest BCUT2D eigenvalue weighted by atomic mass is 32.2. The van der Waals surface area contributed by atoms with Crippen LogP contribution in [-0.4, -0.2) is 30.6 Å². The number of hydrogen-bond donors (Lipinski definition) is 2. The lowest BCUT2D eigenvalue weighted by Gasteiger charge is -2.12. The van der Waals surface area contributed by atoms with Crippen LogP contribution < -0.4 is 10.9 Å². The summed E-state index contributed by atoms with van der Waals surface area (Å²) in [5, 5.41) is 0. The first-order valence-corrected chi connectivity index (χ1v) is 10.2. The second-order valence-corrected chi connectivity index (χ2v) is 8.10. The van der Waals surface area contributed by atoms with E-state index in [-0.39, 0.29) is 17.1 Å². The number of nitrogens with zero attached hydrogens (tertiary/aromatic N) is 1. The van der Waals surface area contributed by atoms with Crippen LogP contribution in [0.2, 0.25) is 0 Å². The number of rotatable bonds is 6. The maximum atomic E-state index is 12.4. The van der Waals surface area contributed by atoms with E-state index in [0.717, 1.165) is 0 Å². The third kappa shape index (κ3) is 4.66. The van der Waals surface area contributed by atoms with Crippen LogP contribution in [0.3, 0.4) is 0 Å². The van der Waals surface area contributed by atoms with Crippen molar-refractivity contribution in [2.75, 3.05) is 5.75 Å². The van der Waals surface area contributed by atoms with Crippen LogP contribution in [0.5, 0.6) is 0 Å². The predicted molar refractivity (Wildman–Crippen MR) is 104 cm³/mol. The molecule has 3 rings (SSSR count). The van der Waals surface area contributed by atoms with Gasteiger partial charge in [-0.3, -0.25) is 20.4 Å². The largest absolute Gasteiger partial charge is 0.323 e. The maximum Gasteiger partial charge on any atom is 0.271 e. The monoisotopic (exact) mass is 397 g/mol. The number of amides is 2. The Labute approximate surface area is 162 Å². The first-order chi connectivity index (χ1) is 13.5. The summed E-state index contributed by atoms with van der Waals surface area (Å²) < 4.78 is 26.2. The molecule has 8 heteroatoms. The first kappa shape index (κ1) is 19.4. The summed E-state index contributed by atoms with van der Waals surface area (Å²) in [5.74, 6) is -1.44. The van der Waals surface area contributed by atoms with Gasteiger partial charge in [0.05, 0.1) is 21.9 Å². The minimum absolute atomic E-state index is 0.160. The molecule has 0 spiro atoms. The van der Waals surface area contributed by atoms with E-state index in [0.29, 0.717) is 11.3 Å². The predicted octanol–water partition coefficient (Wildman–Crippen LogP) is 2.10. The van der Waals surface area contributed by atoms with E-state index >= 15 is 0 Å². The molecule has 0 saturated heterocycles. The molecule has 1 heterocycles. The third-order valence-electron chi connectivity index (χ3n) is 4.05. The van der Waals surface area contributed by atoms with Crippen molar-refractivity contribution >= 4 is 21.7 Å². The number of benzene rings is 2. The Bertz CT molecular complexity index is 1060. The van der Waals surface area contributed by atoms with Gasteiger partial charge in [0, 0.05) is 18.8 Å². The van der Waals surface area contributed by atoms with Gasteiger partial charge >= 0.3 is 0 Å². The summed E-state index contributed by atoms with van der Waals surface area (Å²) in [6.07, 6.45) is 3.34. The molecule has 0 atom stereocenters. The molecule has 0 aliphatic rings. The fraction of sp³-hybridized carbons (Fsp3) is 0.100. The molecule has 0 bridgehead atoms. The number of hydrazine groups is 1.